The highest BCUT2D eigenvalue weighted by Crippen LogP contribution is 2.17. The number of aryl methyl sites for hydroxylation is 1. The summed E-state index contributed by atoms with van der Waals surface area (Å²) in [6, 6.07) is 15.9. The van der Waals surface area contributed by atoms with Crippen LogP contribution in [0.2, 0.25) is 0 Å². The standard InChI is InChI=1S/C21H19NO6S/c1-15-9-10-18(29(25,26)22-13-17-8-5-11-27-17)12-19(15)21(24)28-14-20(23)16-6-3-2-4-7-16/h2-12,22H,13-14H2,1H3. The summed E-state index contributed by atoms with van der Waals surface area (Å²) in [7, 11) is -3.87. The topological polar surface area (TPSA) is 103 Å². The van der Waals surface area contributed by atoms with Gasteiger partial charge in [0.25, 0.3) is 0 Å². The number of sulfonamides is 1. The van der Waals surface area contributed by atoms with E-state index in [0.29, 0.717) is 16.9 Å². The van der Waals surface area contributed by atoms with Gasteiger partial charge in [-0.05, 0) is 36.8 Å². The third kappa shape index (κ3) is 5.18. The number of hydrogen-bond donors (Lipinski definition) is 1. The van der Waals surface area contributed by atoms with Gasteiger partial charge in [-0.1, -0.05) is 36.4 Å². The number of ether oxygens (including phenoxy) is 1. The molecule has 29 heavy (non-hydrogen) atoms. The molecule has 0 atom stereocenters. The zero-order valence-corrected chi connectivity index (χ0v) is 16.4. The summed E-state index contributed by atoms with van der Waals surface area (Å²) in [6.45, 7) is 1.20. The van der Waals surface area contributed by atoms with Gasteiger partial charge in [-0.15, -0.1) is 0 Å². The molecule has 1 aromatic heterocycles. The first-order valence-corrected chi connectivity index (χ1v) is 10.2. The van der Waals surface area contributed by atoms with E-state index in [9.17, 15) is 18.0 Å². The lowest BCUT2D eigenvalue weighted by molar-refractivity contribution is 0.0473. The Morgan fingerprint density at radius 1 is 1.03 bits per heavy atom. The minimum absolute atomic E-state index is 0.0193. The SMILES string of the molecule is Cc1ccc(S(=O)(=O)NCc2ccco2)cc1C(=O)OCC(=O)c1ccccc1. The summed E-state index contributed by atoms with van der Waals surface area (Å²) in [6.07, 6.45) is 1.44. The van der Waals surface area contributed by atoms with Gasteiger partial charge in [-0.2, -0.15) is 0 Å². The predicted molar refractivity (Wildman–Crippen MR) is 105 cm³/mol. The summed E-state index contributed by atoms with van der Waals surface area (Å²) in [5, 5.41) is 0. The van der Waals surface area contributed by atoms with Crippen LogP contribution in [0.1, 0.15) is 32.0 Å². The molecule has 0 aliphatic heterocycles. The fourth-order valence-corrected chi connectivity index (χ4v) is 3.59. The first kappa shape index (κ1) is 20.5. The van der Waals surface area contributed by atoms with Crippen molar-refractivity contribution in [2.24, 2.45) is 0 Å². The number of benzene rings is 2. The van der Waals surface area contributed by atoms with Crippen LogP contribution in [0.25, 0.3) is 0 Å². The van der Waals surface area contributed by atoms with E-state index < -0.39 is 22.6 Å². The van der Waals surface area contributed by atoms with Crippen molar-refractivity contribution in [1.29, 1.82) is 0 Å². The highest BCUT2D eigenvalue weighted by atomic mass is 32.2. The van der Waals surface area contributed by atoms with Gasteiger partial charge in [0.15, 0.2) is 12.4 Å². The second kappa shape index (κ2) is 8.85. The van der Waals surface area contributed by atoms with Crippen LogP contribution in [0, 0.1) is 6.92 Å². The second-order valence-electron chi connectivity index (χ2n) is 6.25. The Morgan fingerprint density at radius 2 is 1.79 bits per heavy atom. The first-order valence-electron chi connectivity index (χ1n) is 8.75. The molecule has 0 spiro atoms. The molecule has 0 bridgehead atoms. The smallest absolute Gasteiger partial charge is 0.338 e. The maximum atomic E-state index is 12.5. The molecule has 3 rings (SSSR count). The Bertz CT molecular complexity index is 1110. The molecule has 0 unspecified atom stereocenters. The molecule has 1 N–H and O–H groups in total. The molecule has 7 nitrogen and oxygen atoms in total. The van der Waals surface area contributed by atoms with Gasteiger partial charge in [0, 0.05) is 5.56 Å². The van der Waals surface area contributed by atoms with Crippen LogP contribution >= 0.6 is 0 Å². The van der Waals surface area contributed by atoms with Crippen molar-refractivity contribution >= 4 is 21.8 Å². The van der Waals surface area contributed by atoms with Crippen LogP contribution in [0.15, 0.2) is 76.2 Å². The number of esters is 1. The summed E-state index contributed by atoms with van der Waals surface area (Å²) in [4.78, 5) is 24.4. The zero-order chi connectivity index (χ0) is 20.9. The van der Waals surface area contributed by atoms with E-state index >= 15 is 0 Å². The Morgan fingerprint density at radius 3 is 2.48 bits per heavy atom. The zero-order valence-electron chi connectivity index (χ0n) is 15.6. The number of carbonyl (C=O) groups is 2. The monoisotopic (exact) mass is 413 g/mol. The largest absolute Gasteiger partial charge is 0.468 e. The quantitative estimate of drug-likeness (QED) is 0.450. The maximum absolute atomic E-state index is 12.5. The summed E-state index contributed by atoms with van der Waals surface area (Å²) >= 11 is 0. The van der Waals surface area contributed by atoms with Gasteiger partial charge < -0.3 is 9.15 Å². The fourth-order valence-electron chi connectivity index (χ4n) is 2.57. The van der Waals surface area contributed by atoms with Crippen molar-refractivity contribution < 1.29 is 27.2 Å². The highest BCUT2D eigenvalue weighted by molar-refractivity contribution is 7.89. The van der Waals surface area contributed by atoms with Crippen molar-refractivity contribution in [2.75, 3.05) is 6.61 Å². The molecule has 0 fully saturated rings. The lowest BCUT2D eigenvalue weighted by atomic mass is 10.1. The van der Waals surface area contributed by atoms with Crippen molar-refractivity contribution in [3.63, 3.8) is 0 Å². The molecule has 0 radical (unpaired) electrons. The van der Waals surface area contributed by atoms with E-state index in [1.165, 1.54) is 24.5 Å². The van der Waals surface area contributed by atoms with Crippen LogP contribution in [-0.2, 0) is 21.3 Å². The number of rotatable bonds is 8. The molecule has 2 aromatic carbocycles. The molecule has 0 saturated heterocycles. The number of furan rings is 1. The van der Waals surface area contributed by atoms with E-state index in [2.05, 4.69) is 4.72 Å². The third-order valence-electron chi connectivity index (χ3n) is 4.19. The van der Waals surface area contributed by atoms with Crippen LogP contribution in [-0.4, -0.2) is 26.8 Å². The van der Waals surface area contributed by atoms with E-state index in [1.54, 1.807) is 49.4 Å². The minimum atomic E-state index is -3.87. The molecule has 3 aromatic rings. The van der Waals surface area contributed by atoms with Gasteiger partial charge in [-0.25, -0.2) is 17.9 Å². The molecular formula is C21H19NO6S. The molecule has 8 heteroatoms. The van der Waals surface area contributed by atoms with Gasteiger partial charge >= 0.3 is 5.97 Å². The summed E-state index contributed by atoms with van der Waals surface area (Å²) in [5.74, 6) is -0.657. The number of carbonyl (C=O) groups excluding carboxylic acids is 2. The summed E-state index contributed by atoms with van der Waals surface area (Å²) < 4.78 is 37.6. The Labute approximate surface area is 168 Å². The van der Waals surface area contributed by atoms with Crippen molar-refractivity contribution in [3.8, 4) is 0 Å². The molecule has 150 valence electrons. The van der Waals surface area contributed by atoms with E-state index in [0.717, 1.165) is 0 Å². The average molecular weight is 413 g/mol. The van der Waals surface area contributed by atoms with E-state index in [4.69, 9.17) is 9.15 Å². The van der Waals surface area contributed by atoms with E-state index in [-0.39, 0.29) is 22.8 Å². The van der Waals surface area contributed by atoms with Crippen molar-refractivity contribution in [2.45, 2.75) is 18.4 Å². The minimum Gasteiger partial charge on any atom is -0.468 e. The van der Waals surface area contributed by atoms with E-state index in [1.807, 2.05) is 0 Å². The average Bonchev–Trinajstić information content (AvgIpc) is 3.25. The Kier molecular flexibility index (Phi) is 6.26. The van der Waals surface area contributed by atoms with Gasteiger partial charge in [0.2, 0.25) is 10.0 Å². The van der Waals surface area contributed by atoms with Crippen LogP contribution in [0.4, 0.5) is 0 Å². The lowest BCUT2D eigenvalue weighted by Gasteiger charge is -2.10. The number of nitrogens with one attached hydrogen (secondary N) is 1. The number of hydrogen-bond acceptors (Lipinski definition) is 6. The molecule has 0 amide bonds. The predicted octanol–water partition coefficient (Wildman–Crippen LogP) is 3.11. The van der Waals surface area contributed by atoms with Crippen LogP contribution in [0.3, 0.4) is 0 Å². The van der Waals surface area contributed by atoms with Crippen LogP contribution in [0.5, 0.6) is 0 Å². The number of ketones is 1. The molecule has 0 saturated carbocycles. The molecule has 1 heterocycles. The highest BCUT2D eigenvalue weighted by Gasteiger charge is 2.20. The van der Waals surface area contributed by atoms with Gasteiger partial charge in [0.05, 0.1) is 23.3 Å². The fraction of sp³-hybridized carbons (Fsp3) is 0.143. The Hall–Kier alpha value is -3.23. The first-order chi connectivity index (χ1) is 13.9. The second-order valence-corrected chi connectivity index (χ2v) is 8.01. The van der Waals surface area contributed by atoms with Crippen molar-refractivity contribution in [3.05, 3.63) is 89.4 Å². The molecule has 0 aliphatic carbocycles. The van der Waals surface area contributed by atoms with Crippen molar-refractivity contribution in [1.82, 2.24) is 4.72 Å². The summed E-state index contributed by atoms with van der Waals surface area (Å²) in [5.41, 5.74) is 1.04. The normalized spacial score (nSPS) is 11.2. The molecule has 0 aliphatic rings. The van der Waals surface area contributed by atoms with Gasteiger partial charge in [-0.3, -0.25) is 4.79 Å². The van der Waals surface area contributed by atoms with Crippen LogP contribution < -0.4 is 4.72 Å². The lowest BCUT2D eigenvalue weighted by Crippen LogP contribution is -2.23. The maximum Gasteiger partial charge on any atom is 0.338 e. The number of Topliss-reactive ketones (excluding diaryl/α,β-unsaturated/α-hetero) is 1. The Balaban J connectivity index is 1.70. The van der Waals surface area contributed by atoms with Gasteiger partial charge in [0.1, 0.15) is 5.76 Å². The third-order valence-corrected chi connectivity index (χ3v) is 5.58. The molecular weight excluding hydrogens is 394 g/mol.